The molecule has 80 valence electrons. The topological polar surface area (TPSA) is 66.4 Å². The molecular weight excluding hydrogens is 202 g/mol. The van der Waals surface area contributed by atoms with E-state index in [-0.39, 0.29) is 11.2 Å². The molecule has 1 rings (SSSR count). The van der Waals surface area contributed by atoms with Crippen molar-refractivity contribution < 1.29 is 14.7 Å². The number of rotatable bonds is 4. The molecule has 1 fully saturated rings. The summed E-state index contributed by atoms with van der Waals surface area (Å²) in [6, 6.07) is -0.733. The largest absolute Gasteiger partial charge is 0.480 e. The number of thioether (sulfide) groups is 1. The fourth-order valence-corrected chi connectivity index (χ4v) is 2.56. The average molecular weight is 217 g/mol. The number of hydrogen-bond donors (Lipinski definition) is 2. The number of amides is 1. The van der Waals surface area contributed by atoms with Gasteiger partial charge in [-0.2, -0.15) is 0 Å². The number of carboxylic acids is 1. The van der Waals surface area contributed by atoms with Crippen LogP contribution >= 0.6 is 11.8 Å². The molecule has 4 nitrogen and oxygen atoms in total. The van der Waals surface area contributed by atoms with E-state index in [4.69, 9.17) is 5.11 Å². The Balaban J connectivity index is 2.41. The summed E-state index contributed by atoms with van der Waals surface area (Å²) in [5.74, 6) is -0.0762. The van der Waals surface area contributed by atoms with Gasteiger partial charge in [0.2, 0.25) is 5.91 Å². The van der Waals surface area contributed by atoms with E-state index in [9.17, 15) is 9.59 Å². The lowest BCUT2D eigenvalue weighted by atomic mass is 10.2. The Morgan fingerprint density at radius 1 is 1.64 bits per heavy atom. The van der Waals surface area contributed by atoms with Crippen LogP contribution in [0.15, 0.2) is 0 Å². The maximum atomic E-state index is 11.5. The van der Waals surface area contributed by atoms with Crippen LogP contribution in [0.1, 0.15) is 26.2 Å². The number of hydrogen-bond acceptors (Lipinski definition) is 3. The Labute approximate surface area is 87.4 Å². The van der Waals surface area contributed by atoms with Crippen LogP contribution in [0.3, 0.4) is 0 Å². The minimum absolute atomic E-state index is 0.0385. The highest BCUT2D eigenvalue weighted by atomic mass is 32.2. The van der Waals surface area contributed by atoms with Crippen LogP contribution in [0, 0.1) is 0 Å². The normalized spacial score (nSPS) is 23.1. The molecular formula is C9H15NO3S. The van der Waals surface area contributed by atoms with Crippen molar-refractivity contribution in [1.29, 1.82) is 0 Å². The molecule has 0 aromatic carbocycles. The number of nitrogens with one attached hydrogen (secondary N) is 1. The molecule has 0 spiro atoms. The first-order valence-electron chi connectivity index (χ1n) is 4.80. The third-order valence-corrected chi connectivity index (χ3v) is 3.62. The van der Waals surface area contributed by atoms with E-state index in [2.05, 4.69) is 5.32 Å². The fourth-order valence-electron chi connectivity index (χ4n) is 1.39. The lowest BCUT2D eigenvalue weighted by Crippen LogP contribution is -2.43. The van der Waals surface area contributed by atoms with Gasteiger partial charge in [0.15, 0.2) is 0 Å². The summed E-state index contributed by atoms with van der Waals surface area (Å²) in [6.07, 6.45) is 2.34. The number of aliphatic carboxylic acids is 1. The lowest BCUT2D eigenvalue weighted by molar-refractivity contribution is -0.141. The van der Waals surface area contributed by atoms with Crippen LogP contribution in [0.25, 0.3) is 0 Å². The Morgan fingerprint density at radius 3 is 2.79 bits per heavy atom. The van der Waals surface area contributed by atoms with Crippen molar-refractivity contribution in [2.75, 3.05) is 5.75 Å². The highest BCUT2D eigenvalue weighted by molar-refractivity contribution is 8.00. The molecule has 2 atom stereocenters. The molecule has 0 aromatic heterocycles. The van der Waals surface area contributed by atoms with Crippen LogP contribution in [0.4, 0.5) is 0 Å². The highest BCUT2D eigenvalue weighted by Crippen LogP contribution is 2.26. The second-order valence-corrected chi connectivity index (χ2v) is 4.62. The third-order valence-electron chi connectivity index (χ3n) is 2.24. The van der Waals surface area contributed by atoms with Gasteiger partial charge < -0.3 is 10.4 Å². The summed E-state index contributed by atoms with van der Waals surface area (Å²) in [7, 11) is 0. The summed E-state index contributed by atoms with van der Waals surface area (Å²) in [5, 5.41) is 11.3. The van der Waals surface area contributed by atoms with Crippen molar-refractivity contribution in [3.8, 4) is 0 Å². The van der Waals surface area contributed by atoms with Gasteiger partial charge in [-0.05, 0) is 25.0 Å². The van der Waals surface area contributed by atoms with Gasteiger partial charge in [-0.1, -0.05) is 6.92 Å². The second-order valence-electron chi connectivity index (χ2n) is 3.31. The van der Waals surface area contributed by atoms with Crippen LogP contribution in [-0.4, -0.2) is 34.0 Å². The van der Waals surface area contributed by atoms with Crippen molar-refractivity contribution in [3.63, 3.8) is 0 Å². The predicted molar refractivity (Wildman–Crippen MR) is 55.3 cm³/mol. The third kappa shape index (κ3) is 2.90. The average Bonchev–Trinajstić information content (AvgIpc) is 2.65. The van der Waals surface area contributed by atoms with Gasteiger partial charge in [-0.25, -0.2) is 4.79 Å². The molecule has 1 aliphatic heterocycles. The Morgan fingerprint density at radius 2 is 2.36 bits per heavy atom. The molecule has 5 heteroatoms. The monoisotopic (exact) mass is 217 g/mol. The smallest absolute Gasteiger partial charge is 0.326 e. The van der Waals surface area contributed by atoms with Crippen LogP contribution in [0.5, 0.6) is 0 Å². The first-order valence-corrected chi connectivity index (χ1v) is 5.84. The van der Waals surface area contributed by atoms with Gasteiger partial charge in [0, 0.05) is 0 Å². The van der Waals surface area contributed by atoms with E-state index < -0.39 is 12.0 Å². The summed E-state index contributed by atoms with van der Waals surface area (Å²) >= 11 is 1.61. The standard InChI is InChI=1S/C9H15NO3S/c1-2-6(9(12)13)10-8(11)7-4-3-5-14-7/h6-7H,2-5H2,1H3,(H,10,11)(H,12,13)/t6-,7?/m0/s1. The van der Waals surface area contributed by atoms with E-state index >= 15 is 0 Å². The first kappa shape index (κ1) is 11.4. The summed E-state index contributed by atoms with van der Waals surface area (Å²) in [4.78, 5) is 22.2. The van der Waals surface area contributed by atoms with Crippen molar-refractivity contribution in [2.45, 2.75) is 37.5 Å². The number of carbonyl (C=O) groups excluding carboxylic acids is 1. The maximum absolute atomic E-state index is 11.5. The molecule has 14 heavy (non-hydrogen) atoms. The van der Waals surface area contributed by atoms with E-state index in [1.165, 1.54) is 0 Å². The zero-order valence-corrected chi connectivity index (χ0v) is 8.97. The van der Waals surface area contributed by atoms with E-state index in [1.54, 1.807) is 18.7 Å². The SMILES string of the molecule is CC[C@H](NC(=O)C1CCCS1)C(=O)O. The molecule has 1 heterocycles. The van der Waals surface area contributed by atoms with E-state index in [0.717, 1.165) is 18.6 Å². The molecule has 0 bridgehead atoms. The number of carbonyl (C=O) groups is 2. The van der Waals surface area contributed by atoms with E-state index in [0.29, 0.717) is 6.42 Å². The van der Waals surface area contributed by atoms with E-state index in [1.807, 2.05) is 0 Å². The maximum Gasteiger partial charge on any atom is 0.326 e. The molecule has 0 aliphatic carbocycles. The van der Waals surface area contributed by atoms with Crippen molar-refractivity contribution in [3.05, 3.63) is 0 Å². The second kappa shape index (κ2) is 5.24. The molecule has 1 aliphatic rings. The zero-order chi connectivity index (χ0) is 10.6. The van der Waals surface area contributed by atoms with Crippen LogP contribution in [-0.2, 0) is 9.59 Å². The summed E-state index contributed by atoms with van der Waals surface area (Å²) in [6.45, 7) is 1.75. The minimum Gasteiger partial charge on any atom is -0.480 e. The van der Waals surface area contributed by atoms with Crippen LogP contribution in [0.2, 0.25) is 0 Å². The van der Waals surface area contributed by atoms with Gasteiger partial charge in [0.25, 0.3) is 0 Å². The van der Waals surface area contributed by atoms with Crippen molar-refractivity contribution in [2.24, 2.45) is 0 Å². The molecule has 1 amide bonds. The molecule has 0 saturated carbocycles. The molecule has 0 aromatic rings. The predicted octanol–water partition coefficient (Wildman–Crippen LogP) is 0.861. The minimum atomic E-state index is -0.955. The van der Waals surface area contributed by atoms with Crippen LogP contribution < -0.4 is 5.32 Å². The van der Waals surface area contributed by atoms with Gasteiger partial charge >= 0.3 is 5.97 Å². The molecule has 1 unspecified atom stereocenters. The molecule has 0 radical (unpaired) electrons. The molecule has 2 N–H and O–H groups in total. The fraction of sp³-hybridized carbons (Fsp3) is 0.778. The van der Waals surface area contributed by atoms with Crippen molar-refractivity contribution >= 4 is 23.6 Å². The highest BCUT2D eigenvalue weighted by Gasteiger charge is 2.26. The Hall–Kier alpha value is -0.710. The Kier molecular flexibility index (Phi) is 4.25. The van der Waals surface area contributed by atoms with Gasteiger partial charge in [0.1, 0.15) is 6.04 Å². The quantitative estimate of drug-likeness (QED) is 0.733. The Bertz CT molecular complexity index is 226. The van der Waals surface area contributed by atoms with Crippen molar-refractivity contribution in [1.82, 2.24) is 5.32 Å². The van der Waals surface area contributed by atoms with Gasteiger partial charge in [-0.15, -0.1) is 11.8 Å². The lowest BCUT2D eigenvalue weighted by Gasteiger charge is -2.15. The summed E-state index contributed by atoms with van der Waals surface area (Å²) < 4.78 is 0. The van der Waals surface area contributed by atoms with Gasteiger partial charge in [-0.3, -0.25) is 4.79 Å². The summed E-state index contributed by atoms with van der Waals surface area (Å²) in [5.41, 5.74) is 0. The molecule has 1 saturated heterocycles. The van der Waals surface area contributed by atoms with Gasteiger partial charge in [0.05, 0.1) is 5.25 Å². The number of carboxylic acid groups (broad SMARTS) is 1. The first-order chi connectivity index (χ1) is 6.65. The zero-order valence-electron chi connectivity index (χ0n) is 8.16.